The van der Waals surface area contributed by atoms with E-state index < -0.39 is 8.07 Å². The van der Waals surface area contributed by atoms with Crippen molar-refractivity contribution < 1.29 is 21.1 Å². The number of pyridine rings is 1. The number of nitrogens with zero attached hydrogens (tertiary/aromatic N) is 4. The molecular weight excluding hydrogens is 868 g/mol. The first-order valence-corrected chi connectivity index (χ1v) is 21.0. The number of aromatic nitrogens is 2. The summed E-state index contributed by atoms with van der Waals surface area (Å²) in [4.78, 5) is 9.89. The molecule has 1 aliphatic rings. The van der Waals surface area contributed by atoms with Gasteiger partial charge in [-0.2, -0.15) is 46.8 Å². The Bertz CT molecular complexity index is 2590. The Morgan fingerprint density at radius 3 is 1.96 bits per heavy atom. The average molecular weight is 912 g/mol. The van der Waals surface area contributed by atoms with Crippen LogP contribution in [0.2, 0.25) is 0 Å². The van der Waals surface area contributed by atoms with Crippen molar-refractivity contribution in [1.82, 2.24) is 9.55 Å². The quantitative estimate of drug-likeness (QED) is 0.0908. The summed E-state index contributed by atoms with van der Waals surface area (Å²) in [7, 11) is -3.03. The number of fused-ring (bicyclic) bond motifs is 4. The third kappa shape index (κ3) is 6.15. The minimum atomic E-state index is -3.03. The summed E-state index contributed by atoms with van der Waals surface area (Å²) in [5.41, 5.74) is 6.92. The zero-order valence-electron chi connectivity index (χ0n) is 31.9. The maximum absolute atomic E-state index is 4.97. The first-order chi connectivity index (χ1) is 26.2. The molecule has 55 heavy (non-hydrogen) atoms. The third-order valence-corrected chi connectivity index (χ3v) is 15.7. The Morgan fingerprint density at radius 1 is 0.636 bits per heavy atom. The second kappa shape index (κ2) is 14.4. The zero-order chi connectivity index (χ0) is 37.0. The zero-order valence-corrected chi connectivity index (χ0v) is 35.2. The molecule has 0 radical (unpaired) electrons. The SMILES string of the molecule is CC(C)c1ccnc(-n2c3[c-]c([Si](c4[c-]c(N5CN(C(C)(C)C)c6ccccc65)ccc4)(c4ccccc4)c4ccccc4)ccc3c3ccccc32)c1.[Pt+2]. The fourth-order valence-electron chi connectivity index (χ4n) is 8.40. The monoisotopic (exact) mass is 911 g/mol. The number of rotatable bonds is 7. The van der Waals surface area contributed by atoms with Gasteiger partial charge in [-0.3, -0.25) is 0 Å². The standard InChI is InChI=1S/C49H44N4Si.Pt/c1-35(2)36-29-30-50-48(31-36)53-44-24-13-12-23-42(44)43-28-27-41(33-47(43)53)54(38-18-8-6-9-19-38,39-20-10-7-11-21-39)40-22-16-17-37(32-40)51-34-52(49(3,4)5)46-26-15-14-25-45(46)51;/h6-31,35H,34H2,1-5H3;/q-2;+2. The van der Waals surface area contributed by atoms with Crippen molar-refractivity contribution in [2.24, 2.45) is 0 Å². The number of hydrogen-bond acceptors (Lipinski definition) is 3. The van der Waals surface area contributed by atoms with Crippen molar-refractivity contribution in [3.8, 4) is 5.82 Å². The van der Waals surface area contributed by atoms with Crippen molar-refractivity contribution in [2.45, 2.75) is 46.1 Å². The molecule has 0 spiro atoms. The van der Waals surface area contributed by atoms with Crippen LogP contribution in [0.1, 0.15) is 46.1 Å². The Morgan fingerprint density at radius 2 is 1.27 bits per heavy atom. The van der Waals surface area contributed by atoms with E-state index in [1.54, 1.807) is 0 Å². The molecule has 274 valence electrons. The summed E-state index contributed by atoms with van der Waals surface area (Å²) >= 11 is 0. The van der Waals surface area contributed by atoms with Gasteiger partial charge in [0.2, 0.25) is 0 Å². The Balaban J connectivity index is 0.00000427. The van der Waals surface area contributed by atoms with Gasteiger partial charge in [0.25, 0.3) is 0 Å². The molecule has 0 unspecified atom stereocenters. The molecule has 6 aromatic carbocycles. The van der Waals surface area contributed by atoms with Gasteiger partial charge in [0.05, 0.1) is 18.0 Å². The molecule has 0 saturated heterocycles. The van der Waals surface area contributed by atoms with Crippen molar-refractivity contribution in [3.63, 3.8) is 0 Å². The first kappa shape index (κ1) is 36.7. The number of para-hydroxylation sites is 3. The van der Waals surface area contributed by atoms with Gasteiger partial charge in [-0.25, -0.2) is 4.98 Å². The van der Waals surface area contributed by atoms with Gasteiger partial charge in [-0.05, 0) is 78.3 Å². The van der Waals surface area contributed by atoms with Crippen LogP contribution < -0.4 is 30.5 Å². The molecule has 3 heterocycles. The topological polar surface area (TPSA) is 24.3 Å². The van der Waals surface area contributed by atoms with Crippen LogP contribution in [0.4, 0.5) is 17.1 Å². The van der Waals surface area contributed by atoms with Gasteiger partial charge >= 0.3 is 21.1 Å². The van der Waals surface area contributed by atoms with E-state index in [4.69, 9.17) is 4.98 Å². The van der Waals surface area contributed by atoms with Crippen molar-refractivity contribution in [2.75, 3.05) is 16.5 Å². The summed E-state index contributed by atoms with van der Waals surface area (Å²) in [6.45, 7) is 12.1. The van der Waals surface area contributed by atoms with E-state index in [1.807, 2.05) is 6.20 Å². The number of benzene rings is 6. The minimum Gasteiger partial charge on any atom is -0.347 e. The molecule has 4 nitrogen and oxygen atoms in total. The van der Waals surface area contributed by atoms with Gasteiger partial charge in [-0.15, -0.1) is 11.5 Å². The number of hydrogen-bond donors (Lipinski definition) is 0. The van der Waals surface area contributed by atoms with Gasteiger partial charge in [0, 0.05) is 17.3 Å². The van der Waals surface area contributed by atoms with Crippen molar-refractivity contribution >= 4 is 67.7 Å². The van der Waals surface area contributed by atoms with Crippen LogP contribution in [0.25, 0.3) is 27.6 Å². The molecule has 1 aliphatic heterocycles. The Hall–Kier alpha value is -5.22. The molecule has 0 amide bonds. The summed E-state index contributed by atoms with van der Waals surface area (Å²) in [6.07, 6.45) is 1.94. The van der Waals surface area contributed by atoms with E-state index in [-0.39, 0.29) is 26.6 Å². The van der Waals surface area contributed by atoms with Crippen LogP contribution in [0.15, 0.2) is 158 Å². The second-order valence-corrected chi connectivity index (χ2v) is 19.4. The normalized spacial score (nSPS) is 13.1. The van der Waals surface area contributed by atoms with E-state index in [2.05, 4.69) is 213 Å². The largest absolute Gasteiger partial charge is 2.00 e. The molecular formula is C49H44N4PtSi. The molecule has 0 N–H and O–H groups in total. The van der Waals surface area contributed by atoms with E-state index in [0.717, 1.165) is 29.2 Å². The molecule has 2 aromatic heterocycles. The summed E-state index contributed by atoms with van der Waals surface area (Å²) in [5.74, 6) is 1.30. The minimum absolute atomic E-state index is 0. The predicted octanol–water partition coefficient (Wildman–Crippen LogP) is 8.99. The number of anilines is 3. The van der Waals surface area contributed by atoms with E-state index in [1.165, 1.54) is 48.5 Å². The molecule has 9 rings (SSSR count). The third-order valence-electron chi connectivity index (χ3n) is 11.1. The van der Waals surface area contributed by atoms with E-state index in [0.29, 0.717) is 5.92 Å². The van der Waals surface area contributed by atoms with E-state index >= 15 is 0 Å². The van der Waals surface area contributed by atoms with Crippen molar-refractivity contribution in [3.05, 3.63) is 176 Å². The first-order valence-electron chi connectivity index (χ1n) is 19.0. The van der Waals surface area contributed by atoms with Crippen LogP contribution in [0.5, 0.6) is 0 Å². The van der Waals surface area contributed by atoms with Crippen LogP contribution in [0.3, 0.4) is 0 Å². The smallest absolute Gasteiger partial charge is 0.347 e. The summed E-state index contributed by atoms with van der Waals surface area (Å²) in [5, 5.41) is 7.33. The van der Waals surface area contributed by atoms with Gasteiger partial charge < -0.3 is 14.4 Å². The predicted molar refractivity (Wildman–Crippen MR) is 230 cm³/mol. The molecule has 0 aliphatic carbocycles. The van der Waals surface area contributed by atoms with Crippen LogP contribution in [-0.4, -0.2) is 29.8 Å². The van der Waals surface area contributed by atoms with Crippen LogP contribution in [-0.2, 0) is 21.1 Å². The molecule has 0 fully saturated rings. The van der Waals surface area contributed by atoms with Crippen molar-refractivity contribution in [1.29, 1.82) is 0 Å². The summed E-state index contributed by atoms with van der Waals surface area (Å²) in [6, 6.07) is 63.7. The van der Waals surface area contributed by atoms with E-state index in [9.17, 15) is 0 Å². The van der Waals surface area contributed by atoms with Crippen LogP contribution >= 0.6 is 0 Å². The fraction of sp³-hybridized carbons (Fsp3) is 0.163. The molecule has 0 atom stereocenters. The van der Waals surface area contributed by atoms with Crippen LogP contribution in [0, 0.1) is 12.1 Å². The van der Waals surface area contributed by atoms with Gasteiger partial charge in [0.15, 0.2) is 0 Å². The fourth-order valence-corrected chi connectivity index (χ4v) is 13.0. The molecule has 6 heteroatoms. The molecule has 0 saturated carbocycles. The summed E-state index contributed by atoms with van der Waals surface area (Å²) < 4.78 is 2.32. The van der Waals surface area contributed by atoms with Gasteiger partial charge in [-0.1, -0.05) is 116 Å². The maximum atomic E-state index is 4.97. The Labute approximate surface area is 340 Å². The average Bonchev–Trinajstić information content (AvgIpc) is 3.76. The second-order valence-electron chi connectivity index (χ2n) is 15.7. The van der Waals surface area contributed by atoms with Gasteiger partial charge in [0.1, 0.15) is 13.9 Å². The maximum Gasteiger partial charge on any atom is 2.00 e. The molecule has 0 bridgehead atoms. The molecule has 8 aromatic rings. The Kier molecular flexibility index (Phi) is 9.65.